The van der Waals surface area contributed by atoms with E-state index in [4.69, 9.17) is 10.5 Å². The molecule has 0 aliphatic carbocycles. The Hall–Kier alpha value is -2.05. The first-order valence-corrected chi connectivity index (χ1v) is 5.72. The summed E-state index contributed by atoms with van der Waals surface area (Å²) in [6.07, 6.45) is 1.35. The van der Waals surface area contributed by atoms with Gasteiger partial charge >= 0.3 is 5.97 Å². The Kier molecular flexibility index (Phi) is 4.70. The third kappa shape index (κ3) is 3.47. The number of aromatic nitrogens is 2. The lowest BCUT2D eigenvalue weighted by atomic mass is 10.4. The lowest BCUT2D eigenvalue weighted by molar-refractivity contribution is -0.122. The second-order valence-corrected chi connectivity index (χ2v) is 4.05. The maximum atomic E-state index is 11.5. The van der Waals surface area contributed by atoms with Gasteiger partial charge in [-0.1, -0.05) is 0 Å². The Bertz CT molecular complexity index is 439. The van der Waals surface area contributed by atoms with Crippen LogP contribution in [-0.2, 0) is 16.1 Å². The zero-order valence-electron chi connectivity index (χ0n) is 10.8. The van der Waals surface area contributed by atoms with Crippen molar-refractivity contribution in [3.05, 3.63) is 12.0 Å². The largest absolute Gasteiger partial charge is 0.461 e. The molecule has 0 saturated heterocycles. The number of imidazole rings is 1. The number of anilines is 1. The van der Waals surface area contributed by atoms with Crippen LogP contribution in [0.2, 0.25) is 0 Å². The molecule has 100 valence electrons. The molecule has 0 fully saturated rings. The van der Waals surface area contributed by atoms with Crippen molar-refractivity contribution in [1.29, 1.82) is 0 Å². The van der Waals surface area contributed by atoms with Crippen molar-refractivity contribution in [2.45, 2.75) is 33.4 Å². The fraction of sp³-hybridized carbons (Fsp3) is 0.545. The Morgan fingerprint density at radius 3 is 2.78 bits per heavy atom. The molecule has 0 aliphatic rings. The number of nitrogen functional groups attached to an aromatic ring is 1. The van der Waals surface area contributed by atoms with Gasteiger partial charge < -0.3 is 20.4 Å². The lowest BCUT2D eigenvalue weighted by Gasteiger charge is -2.09. The summed E-state index contributed by atoms with van der Waals surface area (Å²) in [6.45, 7) is 5.69. The highest BCUT2D eigenvalue weighted by atomic mass is 16.5. The van der Waals surface area contributed by atoms with Crippen LogP contribution in [0.15, 0.2) is 6.33 Å². The normalized spacial score (nSPS) is 10.4. The third-order valence-electron chi connectivity index (χ3n) is 2.11. The molecule has 0 spiro atoms. The minimum absolute atomic E-state index is 0.0242. The van der Waals surface area contributed by atoms with Crippen molar-refractivity contribution in [3.63, 3.8) is 0 Å². The van der Waals surface area contributed by atoms with E-state index in [0.717, 1.165) is 0 Å². The number of nitrogens with one attached hydrogen (secondary N) is 1. The zero-order valence-corrected chi connectivity index (χ0v) is 10.8. The van der Waals surface area contributed by atoms with E-state index >= 15 is 0 Å². The average molecular weight is 254 g/mol. The van der Waals surface area contributed by atoms with Crippen LogP contribution in [0, 0.1) is 0 Å². The summed E-state index contributed by atoms with van der Waals surface area (Å²) >= 11 is 0. The van der Waals surface area contributed by atoms with Crippen molar-refractivity contribution < 1.29 is 14.3 Å². The Balaban J connectivity index is 2.74. The van der Waals surface area contributed by atoms with Gasteiger partial charge in [-0.3, -0.25) is 4.79 Å². The van der Waals surface area contributed by atoms with Crippen molar-refractivity contribution in [3.8, 4) is 0 Å². The molecule has 3 N–H and O–H groups in total. The van der Waals surface area contributed by atoms with Crippen LogP contribution < -0.4 is 11.1 Å². The highest BCUT2D eigenvalue weighted by Gasteiger charge is 2.18. The van der Waals surface area contributed by atoms with Gasteiger partial charge in [-0.15, -0.1) is 0 Å². The zero-order chi connectivity index (χ0) is 13.7. The van der Waals surface area contributed by atoms with Gasteiger partial charge in [0.1, 0.15) is 12.4 Å². The average Bonchev–Trinajstić information content (AvgIpc) is 2.59. The summed E-state index contributed by atoms with van der Waals surface area (Å²) in [5.41, 5.74) is 5.77. The highest BCUT2D eigenvalue weighted by Crippen LogP contribution is 2.11. The summed E-state index contributed by atoms with van der Waals surface area (Å²) in [6, 6.07) is 0.0479. The summed E-state index contributed by atoms with van der Waals surface area (Å²) in [5, 5.41) is 2.72. The molecule has 7 heteroatoms. The number of esters is 1. The van der Waals surface area contributed by atoms with Gasteiger partial charge in [-0.05, 0) is 20.8 Å². The van der Waals surface area contributed by atoms with Gasteiger partial charge in [0, 0.05) is 6.04 Å². The maximum Gasteiger partial charge on any atom is 0.360 e. The summed E-state index contributed by atoms with van der Waals surface area (Å²) < 4.78 is 6.20. The Labute approximate surface area is 105 Å². The van der Waals surface area contributed by atoms with E-state index in [0.29, 0.717) is 0 Å². The van der Waals surface area contributed by atoms with Crippen LogP contribution in [0.5, 0.6) is 0 Å². The molecule has 1 rings (SSSR count). The Morgan fingerprint density at radius 2 is 2.22 bits per heavy atom. The van der Waals surface area contributed by atoms with E-state index in [-0.39, 0.29) is 36.6 Å². The fourth-order valence-corrected chi connectivity index (χ4v) is 1.40. The quantitative estimate of drug-likeness (QED) is 0.729. The number of rotatable bonds is 5. The molecule has 0 atom stereocenters. The van der Waals surface area contributed by atoms with Gasteiger partial charge in [-0.25, -0.2) is 9.78 Å². The molecule has 18 heavy (non-hydrogen) atoms. The lowest BCUT2D eigenvalue weighted by Crippen LogP contribution is -2.33. The molecule has 0 radical (unpaired) electrons. The van der Waals surface area contributed by atoms with Gasteiger partial charge in [0.05, 0.1) is 12.9 Å². The molecule has 1 aromatic rings. The number of carbonyl (C=O) groups is 2. The van der Waals surface area contributed by atoms with Gasteiger partial charge in [0.15, 0.2) is 5.69 Å². The molecule has 1 heterocycles. The van der Waals surface area contributed by atoms with E-state index in [1.165, 1.54) is 10.9 Å². The predicted molar refractivity (Wildman–Crippen MR) is 65.9 cm³/mol. The van der Waals surface area contributed by atoms with Gasteiger partial charge in [-0.2, -0.15) is 0 Å². The molecule has 0 unspecified atom stereocenters. The smallest absolute Gasteiger partial charge is 0.360 e. The minimum Gasteiger partial charge on any atom is -0.461 e. The maximum absolute atomic E-state index is 11.5. The molecule has 0 saturated carbocycles. The van der Waals surface area contributed by atoms with Gasteiger partial charge in [0.2, 0.25) is 5.91 Å². The van der Waals surface area contributed by atoms with E-state index < -0.39 is 5.97 Å². The van der Waals surface area contributed by atoms with E-state index in [9.17, 15) is 9.59 Å². The van der Waals surface area contributed by atoms with Crippen LogP contribution in [0.3, 0.4) is 0 Å². The number of carbonyl (C=O) groups excluding carboxylic acids is 2. The molecule has 0 aromatic carbocycles. The molecular weight excluding hydrogens is 236 g/mol. The number of amides is 1. The second kappa shape index (κ2) is 6.04. The first kappa shape index (κ1) is 14.0. The van der Waals surface area contributed by atoms with E-state index in [1.54, 1.807) is 6.92 Å². The minimum atomic E-state index is -0.585. The van der Waals surface area contributed by atoms with Crippen molar-refractivity contribution in [2.75, 3.05) is 12.3 Å². The number of nitrogens with zero attached hydrogens (tertiary/aromatic N) is 2. The fourth-order valence-electron chi connectivity index (χ4n) is 1.40. The molecule has 0 aliphatic heterocycles. The van der Waals surface area contributed by atoms with Crippen LogP contribution in [0.4, 0.5) is 5.82 Å². The van der Waals surface area contributed by atoms with E-state index in [1.807, 2.05) is 13.8 Å². The van der Waals surface area contributed by atoms with Crippen LogP contribution >= 0.6 is 0 Å². The predicted octanol–water partition coefficient (Wildman–Crippen LogP) is 0.167. The first-order chi connectivity index (χ1) is 8.45. The van der Waals surface area contributed by atoms with Crippen molar-refractivity contribution in [1.82, 2.24) is 14.9 Å². The molecule has 1 amide bonds. The molecule has 7 nitrogen and oxygen atoms in total. The number of hydrogen-bond donors (Lipinski definition) is 2. The second-order valence-electron chi connectivity index (χ2n) is 4.05. The Morgan fingerprint density at radius 1 is 1.56 bits per heavy atom. The monoisotopic (exact) mass is 254 g/mol. The van der Waals surface area contributed by atoms with Crippen LogP contribution in [0.25, 0.3) is 0 Å². The molecule has 0 bridgehead atoms. The van der Waals surface area contributed by atoms with Crippen molar-refractivity contribution >= 4 is 17.7 Å². The standard InChI is InChI=1S/C11H18N4O3/c1-4-18-11(17)9-10(12)15(6-13-9)5-8(16)14-7(2)3/h6-7H,4-5,12H2,1-3H3,(H,14,16). The molecular formula is C11H18N4O3. The summed E-state index contributed by atoms with van der Waals surface area (Å²) in [7, 11) is 0. The third-order valence-corrected chi connectivity index (χ3v) is 2.11. The number of nitrogens with two attached hydrogens (primary N) is 1. The molecule has 1 aromatic heterocycles. The number of hydrogen-bond acceptors (Lipinski definition) is 5. The first-order valence-electron chi connectivity index (χ1n) is 5.72. The van der Waals surface area contributed by atoms with Crippen LogP contribution in [0.1, 0.15) is 31.3 Å². The SMILES string of the molecule is CCOC(=O)c1ncn(CC(=O)NC(C)C)c1N. The number of ether oxygens (including phenoxy) is 1. The van der Waals surface area contributed by atoms with E-state index in [2.05, 4.69) is 10.3 Å². The highest BCUT2D eigenvalue weighted by molar-refractivity contribution is 5.92. The van der Waals surface area contributed by atoms with Gasteiger partial charge in [0.25, 0.3) is 0 Å². The van der Waals surface area contributed by atoms with Crippen LogP contribution in [-0.4, -0.2) is 34.1 Å². The summed E-state index contributed by atoms with van der Waals surface area (Å²) in [4.78, 5) is 26.9. The summed E-state index contributed by atoms with van der Waals surface area (Å²) in [5.74, 6) is -0.644. The van der Waals surface area contributed by atoms with Crippen molar-refractivity contribution in [2.24, 2.45) is 0 Å². The topological polar surface area (TPSA) is 99.2 Å².